The van der Waals surface area contributed by atoms with Gasteiger partial charge in [-0.05, 0) is 56.6 Å². The number of fused-ring (bicyclic) bond motifs is 1. The van der Waals surface area contributed by atoms with Crippen LogP contribution in [0.3, 0.4) is 0 Å². The number of carbonyl (C=O) groups is 1. The monoisotopic (exact) mass is 625 g/mol. The summed E-state index contributed by atoms with van der Waals surface area (Å²) in [5.74, 6) is 2.85. The molecule has 0 radical (unpaired) electrons. The van der Waals surface area contributed by atoms with E-state index in [0.29, 0.717) is 18.9 Å². The Morgan fingerprint density at radius 1 is 1.16 bits per heavy atom. The Labute approximate surface area is 237 Å². The number of nitrogens with zero attached hydrogens (tertiary/aromatic N) is 5. The van der Waals surface area contributed by atoms with Gasteiger partial charge in [-0.2, -0.15) is 0 Å². The Hall–Kier alpha value is -3.22. The Bertz CT molecular complexity index is 1290. The highest BCUT2D eigenvalue weighted by Crippen LogP contribution is 2.44. The Morgan fingerprint density at radius 3 is 2.53 bits per heavy atom. The van der Waals surface area contributed by atoms with Crippen molar-refractivity contribution in [2.24, 2.45) is 0 Å². The fourth-order valence-corrected chi connectivity index (χ4v) is 5.33. The molecule has 198 valence electrons. The van der Waals surface area contributed by atoms with E-state index in [1.54, 1.807) is 6.08 Å². The number of ether oxygens (including phenoxy) is 1. The molecule has 1 amide bonds. The number of likely N-dealkylation sites (tertiary alicyclic amines) is 1. The summed E-state index contributed by atoms with van der Waals surface area (Å²) in [6, 6.07) is 17.9. The van der Waals surface area contributed by atoms with Crippen LogP contribution in [0.4, 0.5) is 11.6 Å². The van der Waals surface area contributed by atoms with Crippen LogP contribution in [0.15, 0.2) is 73.1 Å². The maximum atomic E-state index is 12.6. The minimum absolute atomic E-state index is 0.0608. The molecule has 1 aromatic heterocycles. The SMILES string of the molecule is CN(I)C/C=C/C(=O)N1CCC(N2NC(C)(c3ccc(Oc4ccccc4)cc3)c3c(N)ncnc32)CC1. The van der Waals surface area contributed by atoms with Crippen molar-refractivity contribution >= 4 is 40.4 Å². The number of benzene rings is 2. The van der Waals surface area contributed by atoms with Gasteiger partial charge < -0.3 is 15.4 Å². The van der Waals surface area contributed by atoms with E-state index < -0.39 is 5.54 Å². The number of halogens is 1. The van der Waals surface area contributed by atoms with Gasteiger partial charge in [0.25, 0.3) is 0 Å². The lowest BCUT2D eigenvalue weighted by Crippen LogP contribution is -2.53. The Morgan fingerprint density at radius 2 is 1.84 bits per heavy atom. The molecule has 2 aliphatic heterocycles. The van der Waals surface area contributed by atoms with Crippen LogP contribution in [-0.4, -0.2) is 56.6 Å². The van der Waals surface area contributed by atoms with E-state index in [2.05, 4.69) is 50.2 Å². The molecule has 0 aliphatic carbocycles. The molecular weight excluding hydrogens is 593 g/mol. The Balaban J connectivity index is 1.32. The van der Waals surface area contributed by atoms with Crippen LogP contribution >= 0.6 is 22.9 Å². The number of anilines is 2. The van der Waals surface area contributed by atoms with Crippen LogP contribution in [0.25, 0.3) is 0 Å². The average molecular weight is 626 g/mol. The first-order chi connectivity index (χ1) is 18.3. The van der Waals surface area contributed by atoms with E-state index in [0.717, 1.165) is 47.8 Å². The van der Waals surface area contributed by atoms with E-state index >= 15 is 0 Å². The number of aromatic nitrogens is 2. The molecule has 0 spiro atoms. The van der Waals surface area contributed by atoms with E-state index in [4.69, 9.17) is 10.5 Å². The summed E-state index contributed by atoms with van der Waals surface area (Å²) in [6.45, 7) is 4.21. The molecule has 1 atom stereocenters. The number of amides is 1. The summed E-state index contributed by atoms with van der Waals surface area (Å²) in [5, 5.41) is 2.13. The highest BCUT2D eigenvalue weighted by Gasteiger charge is 2.46. The number of para-hydroxylation sites is 1. The Kier molecular flexibility index (Phi) is 7.82. The second-order valence-corrected chi connectivity index (χ2v) is 11.4. The van der Waals surface area contributed by atoms with E-state index in [1.807, 2.05) is 75.7 Å². The molecule has 0 bridgehead atoms. The molecule has 10 heteroatoms. The van der Waals surface area contributed by atoms with Crippen LogP contribution in [0.2, 0.25) is 0 Å². The van der Waals surface area contributed by atoms with E-state index in [1.165, 1.54) is 6.33 Å². The van der Waals surface area contributed by atoms with Gasteiger partial charge in [0.2, 0.25) is 5.91 Å². The van der Waals surface area contributed by atoms with Gasteiger partial charge >= 0.3 is 0 Å². The molecule has 9 nitrogen and oxygen atoms in total. The summed E-state index contributed by atoms with van der Waals surface area (Å²) >= 11 is 2.20. The number of hydrogen-bond acceptors (Lipinski definition) is 8. The second-order valence-electron chi connectivity index (χ2n) is 9.75. The van der Waals surface area contributed by atoms with Gasteiger partial charge in [0, 0.05) is 48.6 Å². The predicted molar refractivity (Wildman–Crippen MR) is 157 cm³/mol. The molecule has 3 aromatic rings. The number of hydrogen-bond donors (Lipinski definition) is 2. The third-order valence-electron chi connectivity index (χ3n) is 7.10. The zero-order valence-corrected chi connectivity index (χ0v) is 23.7. The highest BCUT2D eigenvalue weighted by atomic mass is 127. The normalized spacial score (nSPS) is 19.8. The molecule has 1 fully saturated rings. The zero-order chi connectivity index (χ0) is 26.7. The van der Waals surface area contributed by atoms with Gasteiger partial charge in [0.1, 0.15) is 23.6 Å². The van der Waals surface area contributed by atoms with Gasteiger partial charge in [-0.1, -0.05) is 36.4 Å². The first-order valence-corrected chi connectivity index (χ1v) is 13.7. The van der Waals surface area contributed by atoms with Crippen molar-refractivity contribution in [2.75, 3.05) is 37.4 Å². The minimum Gasteiger partial charge on any atom is -0.457 e. The molecule has 1 unspecified atom stereocenters. The zero-order valence-electron chi connectivity index (χ0n) is 21.5. The lowest BCUT2D eigenvalue weighted by atomic mass is 9.86. The fraction of sp³-hybridized carbons (Fsp3) is 0.321. The van der Waals surface area contributed by atoms with Crippen molar-refractivity contribution in [2.45, 2.75) is 31.3 Å². The van der Waals surface area contributed by atoms with Gasteiger partial charge in [-0.3, -0.25) is 9.80 Å². The van der Waals surface area contributed by atoms with Crippen LogP contribution in [0, 0.1) is 0 Å². The number of piperidine rings is 1. The number of likely N-dealkylation sites (N-methyl/N-ethyl adjacent to an activating group) is 1. The highest BCUT2D eigenvalue weighted by molar-refractivity contribution is 14.1. The quantitative estimate of drug-likeness (QED) is 0.228. The lowest BCUT2D eigenvalue weighted by molar-refractivity contribution is -0.127. The number of carbonyl (C=O) groups excluding carboxylic acids is 1. The summed E-state index contributed by atoms with van der Waals surface area (Å²) < 4.78 is 7.98. The third kappa shape index (κ3) is 5.47. The molecule has 1 saturated heterocycles. The summed E-state index contributed by atoms with van der Waals surface area (Å²) in [4.78, 5) is 23.5. The molecule has 3 N–H and O–H groups in total. The van der Waals surface area contributed by atoms with Crippen molar-refractivity contribution in [3.05, 3.63) is 84.2 Å². The first kappa shape index (κ1) is 26.4. The number of nitrogens with two attached hydrogens (primary N) is 1. The van der Waals surface area contributed by atoms with Crippen LogP contribution in [0.1, 0.15) is 30.9 Å². The lowest BCUT2D eigenvalue weighted by Gasteiger charge is -2.38. The van der Waals surface area contributed by atoms with Gasteiger partial charge in [0.05, 0.1) is 17.1 Å². The molecule has 3 heterocycles. The molecule has 38 heavy (non-hydrogen) atoms. The smallest absolute Gasteiger partial charge is 0.246 e. The van der Waals surface area contributed by atoms with Crippen molar-refractivity contribution in [1.29, 1.82) is 0 Å². The molecule has 2 aliphatic rings. The molecule has 5 rings (SSSR count). The minimum atomic E-state index is -0.618. The summed E-state index contributed by atoms with van der Waals surface area (Å²) in [5.41, 5.74) is 11.4. The third-order valence-corrected chi connectivity index (χ3v) is 7.49. The fourth-order valence-electron chi connectivity index (χ4n) is 5.10. The standard InChI is InChI=1S/C28H32IN7O2/c1-28(20-10-12-23(13-11-20)38-22-7-4-3-5-8-22)25-26(30)31-19-32-27(25)36(33-28)21-14-17-35(18-15-21)24(37)9-6-16-34(2)29/h3-13,19,21,33H,14-18H2,1-2H3,(H2,30,31,32)/b9-6+. The average Bonchev–Trinajstić information content (AvgIpc) is 3.24. The van der Waals surface area contributed by atoms with E-state index in [9.17, 15) is 4.79 Å². The van der Waals surface area contributed by atoms with Gasteiger partial charge in [0.15, 0.2) is 5.82 Å². The largest absolute Gasteiger partial charge is 0.457 e. The summed E-state index contributed by atoms with van der Waals surface area (Å²) in [7, 11) is 1.97. The topological polar surface area (TPSA) is 99.9 Å². The molecule has 2 aromatic carbocycles. The predicted octanol–water partition coefficient (Wildman–Crippen LogP) is 4.27. The number of nitrogens with one attached hydrogen (secondary N) is 1. The number of hydrazine groups is 1. The van der Waals surface area contributed by atoms with Crippen molar-refractivity contribution in [3.8, 4) is 11.5 Å². The van der Waals surface area contributed by atoms with Crippen molar-refractivity contribution in [3.63, 3.8) is 0 Å². The summed E-state index contributed by atoms with van der Waals surface area (Å²) in [6.07, 6.45) is 6.73. The maximum absolute atomic E-state index is 12.6. The van der Waals surface area contributed by atoms with Gasteiger partial charge in [-0.25, -0.2) is 18.5 Å². The van der Waals surface area contributed by atoms with E-state index in [-0.39, 0.29) is 11.9 Å². The maximum Gasteiger partial charge on any atom is 0.246 e. The molecule has 0 saturated carbocycles. The second kappa shape index (κ2) is 11.3. The van der Waals surface area contributed by atoms with Crippen LogP contribution in [0.5, 0.6) is 11.5 Å². The molecular formula is C28H32IN7O2. The number of nitrogen functional groups attached to an aromatic ring is 1. The number of rotatable bonds is 7. The van der Waals surface area contributed by atoms with Crippen molar-refractivity contribution < 1.29 is 9.53 Å². The van der Waals surface area contributed by atoms with Crippen molar-refractivity contribution in [1.82, 2.24) is 23.4 Å². The van der Waals surface area contributed by atoms with Crippen LogP contribution < -0.4 is 20.9 Å². The first-order valence-electron chi connectivity index (χ1n) is 12.7. The van der Waals surface area contributed by atoms with Gasteiger partial charge in [-0.15, -0.1) is 0 Å². The van der Waals surface area contributed by atoms with Crippen LogP contribution in [-0.2, 0) is 10.3 Å².